The second kappa shape index (κ2) is 9.64. The number of urea groups is 1. The van der Waals surface area contributed by atoms with Crippen LogP contribution < -0.4 is 5.32 Å². The summed E-state index contributed by atoms with van der Waals surface area (Å²) in [6, 6.07) is 17.8. The first-order valence-corrected chi connectivity index (χ1v) is 10.6. The van der Waals surface area contributed by atoms with Crippen molar-refractivity contribution < 1.29 is 9.59 Å². The van der Waals surface area contributed by atoms with Crippen LogP contribution in [0.25, 0.3) is 0 Å². The van der Waals surface area contributed by atoms with Crippen molar-refractivity contribution in [3.05, 3.63) is 60.2 Å². The zero-order valence-corrected chi connectivity index (χ0v) is 17.2. The van der Waals surface area contributed by atoms with Crippen LogP contribution in [0.2, 0.25) is 0 Å². The monoisotopic (exact) mass is 397 g/mol. The highest BCUT2D eigenvalue weighted by Crippen LogP contribution is 2.21. The minimum atomic E-state index is -0.106. The number of carbonyl (C=O) groups excluding carboxylic acids is 2. The van der Waals surface area contributed by atoms with Gasteiger partial charge in [0.2, 0.25) is 5.91 Å². The van der Waals surface area contributed by atoms with Gasteiger partial charge in [-0.05, 0) is 36.8 Å². The lowest BCUT2D eigenvalue weighted by Crippen LogP contribution is -2.52. The summed E-state index contributed by atoms with van der Waals surface area (Å²) in [5.41, 5.74) is 1.91. The molecular weight excluding hydrogens is 370 g/mol. The van der Waals surface area contributed by atoms with Crippen LogP contribution in [0.5, 0.6) is 0 Å². The molecule has 1 aliphatic heterocycles. The number of thioether (sulfide) groups is 1. The summed E-state index contributed by atoms with van der Waals surface area (Å²) in [5, 5.41) is 2.94. The van der Waals surface area contributed by atoms with Crippen molar-refractivity contribution >= 4 is 29.4 Å². The molecule has 1 unspecified atom stereocenters. The predicted octanol–water partition coefficient (Wildman–Crippen LogP) is 4.10. The highest BCUT2D eigenvalue weighted by molar-refractivity contribution is 7.99. The van der Waals surface area contributed by atoms with E-state index in [1.54, 1.807) is 16.7 Å². The summed E-state index contributed by atoms with van der Waals surface area (Å²) in [6.45, 7) is 6.26. The first kappa shape index (κ1) is 20.3. The lowest BCUT2D eigenvalue weighted by molar-refractivity contribution is -0.135. The SMILES string of the molecule is Cc1cccc(NC(=O)N2CCN(C(=O)C(C)CSc3ccccc3)CC2)c1. The van der Waals surface area contributed by atoms with Crippen LogP contribution in [-0.4, -0.2) is 53.7 Å². The Balaban J connectivity index is 1.44. The maximum atomic E-state index is 12.7. The number of benzene rings is 2. The number of rotatable bonds is 5. The quantitative estimate of drug-likeness (QED) is 0.773. The zero-order chi connectivity index (χ0) is 19.9. The van der Waals surface area contributed by atoms with Gasteiger partial charge in [-0.25, -0.2) is 4.79 Å². The first-order valence-electron chi connectivity index (χ1n) is 9.62. The molecule has 148 valence electrons. The van der Waals surface area contributed by atoms with E-state index in [9.17, 15) is 9.59 Å². The molecule has 1 saturated heterocycles. The van der Waals surface area contributed by atoms with Gasteiger partial charge < -0.3 is 15.1 Å². The standard InChI is InChI=1S/C22H27N3O2S/c1-17-7-6-8-19(15-17)23-22(27)25-13-11-24(12-14-25)21(26)18(2)16-28-20-9-4-3-5-10-20/h3-10,15,18H,11-14,16H2,1-2H3,(H,23,27). The lowest BCUT2D eigenvalue weighted by Gasteiger charge is -2.36. The maximum absolute atomic E-state index is 12.7. The largest absolute Gasteiger partial charge is 0.339 e. The molecule has 3 rings (SSSR count). The molecule has 1 atom stereocenters. The number of hydrogen-bond donors (Lipinski definition) is 1. The summed E-state index contributed by atoms with van der Waals surface area (Å²) >= 11 is 1.71. The van der Waals surface area contributed by atoms with Crippen molar-refractivity contribution in [2.45, 2.75) is 18.7 Å². The van der Waals surface area contributed by atoms with Crippen LogP contribution in [0.3, 0.4) is 0 Å². The second-order valence-electron chi connectivity index (χ2n) is 7.14. The van der Waals surface area contributed by atoms with Crippen LogP contribution >= 0.6 is 11.8 Å². The number of amides is 3. The number of nitrogens with zero attached hydrogens (tertiary/aromatic N) is 2. The number of hydrogen-bond acceptors (Lipinski definition) is 3. The van der Waals surface area contributed by atoms with Crippen molar-refractivity contribution in [2.24, 2.45) is 5.92 Å². The van der Waals surface area contributed by atoms with Crippen molar-refractivity contribution in [1.82, 2.24) is 9.80 Å². The van der Waals surface area contributed by atoms with Crippen molar-refractivity contribution in [2.75, 3.05) is 37.2 Å². The van der Waals surface area contributed by atoms with Crippen LogP contribution in [0.15, 0.2) is 59.5 Å². The Bertz CT molecular complexity index is 804. The molecule has 2 aromatic carbocycles. The molecule has 1 heterocycles. The Morgan fingerprint density at radius 1 is 1.00 bits per heavy atom. The van der Waals surface area contributed by atoms with Crippen molar-refractivity contribution in [3.63, 3.8) is 0 Å². The number of nitrogens with one attached hydrogen (secondary N) is 1. The van der Waals surface area contributed by atoms with Gasteiger partial charge >= 0.3 is 6.03 Å². The van der Waals surface area contributed by atoms with E-state index in [1.165, 1.54) is 4.90 Å². The number of anilines is 1. The third kappa shape index (κ3) is 5.52. The molecule has 28 heavy (non-hydrogen) atoms. The van der Waals surface area contributed by atoms with Crippen LogP contribution in [0, 0.1) is 12.8 Å². The second-order valence-corrected chi connectivity index (χ2v) is 8.23. The fourth-order valence-corrected chi connectivity index (χ4v) is 4.11. The topological polar surface area (TPSA) is 52.7 Å². The third-order valence-electron chi connectivity index (χ3n) is 4.81. The highest BCUT2D eigenvalue weighted by Gasteiger charge is 2.27. The minimum absolute atomic E-state index is 0.0436. The summed E-state index contributed by atoms with van der Waals surface area (Å²) in [7, 11) is 0. The molecule has 2 aromatic rings. The van der Waals surface area contributed by atoms with E-state index in [0.29, 0.717) is 26.2 Å². The van der Waals surface area contributed by atoms with Gasteiger partial charge in [-0.1, -0.05) is 37.3 Å². The van der Waals surface area contributed by atoms with E-state index in [4.69, 9.17) is 0 Å². The average molecular weight is 398 g/mol. The number of piperazine rings is 1. The Morgan fingerprint density at radius 3 is 2.36 bits per heavy atom. The smallest absolute Gasteiger partial charge is 0.321 e. The molecule has 0 spiro atoms. The maximum Gasteiger partial charge on any atom is 0.321 e. The molecule has 5 nitrogen and oxygen atoms in total. The van der Waals surface area contributed by atoms with Crippen LogP contribution in [0.4, 0.5) is 10.5 Å². The minimum Gasteiger partial charge on any atom is -0.339 e. The van der Waals surface area contributed by atoms with Gasteiger partial charge in [0.05, 0.1) is 0 Å². The van der Waals surface area contributed by atoms with E-state index in [2.05, 4.69) is 17.4 Å². The molecule has 3 amide bonds. The lowest BCUT2D eigenvalue weighted by atomic mass is 10.1. The fraction of sp³-hybridized carbons (Fsp3) is 0.364. The van der Waals surface area contributed by atoms with E-state index in [1.807, 2.05) is 61.2 Å². The van der Waals surface area contributed by atoms with E-state index < -0.39 is 0 Å². The van der Waals surface area contributed by atoms with E-state index in [0.717, 1.165) is 17.0 Å². The molecule has 6 heteroatoms. The fourth-order valence-electron chi connectivity index (χ4n) is 3.18. The normalized spacial score (nSPS) is 15.2. The van der Waals surface area contributed by atoms with Crippen molar-refractivity contribution in [3.8, 4) is 0 Å². The van der Waals surface area contributed by atoms with Gasteiger partial charge in [0.15, 0.2) is 0 Å². The highest BCUT2D eigenvalue weighted by atomic mass is 32.2. The molecule has 0 aliphatic carbocycles. The van der Waals surface area contributed by atoms with Gasteiger partial charge in [0, 0.05) is 48.4 Å². The molecule has 0 aromatic heterocycles. The van der Waals surface area contributed by atoms with Crippen LogP contribution in [-0.2, 0) is 4.79 Å². The molecule has 1 aliphatic rings. The van der Waals surface area contributed by atoms with Gasteiger partial charge in [0.25, 0.3) is 0 Å². The van der Waals surface area contributed by atoms with Gasteiger partial charge in [-0.15, -0.1) is 11.8 Å². The van der Waals surface area contributed by atoms with Crippen molar-refractivity contribution in [1.29, 1.82) is 0 Å². The predicted molar refractivity (Wildman–Crippen MR) is 115 cm³/mol. The molecule has 0 bridgehead atoms. The molecule has 0 radical (unpaired) electrons. The summed E-state index contributed by atoms with van der Waals surface area (Å²) in [4.78, 5) is 30.0. The summed E-state index contributed by atoms with van der Waals surface area (Å²) < 4.78 is 0. The van der Waals surface area contributed by atoms with Gasteiger partial charge in [0.1, 0.15) is 0 Å². The summed E-state index contributed by atoms with van der Waals surface area (Å²) in [6.07, 6.45) is 0. The average Bonchev–Trinajstić information content (AvgIpc) is 2.72. The van der Waals surface area contributed by atoms with Gasteiger partial charge in [-0.3, -0.25) is 4.79 Å². The molecular formula is C22H27N3O2S. The van der Waals surface area contributed by atoms with E-state index >= 15 is 0 Å². The zero-order valence-electron chi connectivity index (χ0n) is 16.4. The third-order valence-corrected chi connectivity index (χ3v) is 6.08. The Kier molecular flexibility index (Phi) is 6.98. The first-order chi connectivity index (χ1) is 13.5. The number of carbonyl (C=O) groups is 2. The summed E-state index contributed by atoms with van der Waals surface area (Å²) in [5.74, 6) is 0.886. The Labute approximate surface area is 171 Å². The Hall–Kier alpha value is -2.47. The Morgan fingerprint density at radius 2 is 1.68 bits per heavy atom. The molecule has 1 fully saturated rings. The van der Waals surface area contributed by atoms with E-state index in [-0.39, 0.29) is 17.9 Å². The van der Waals surface area contributed by atoms with Crippen LogP contribution in [0.1, 0.15) is 12.5 Å². The van der Waals surface area contributed by atoms with Gasteiger partial charge in [-0.2, -0.15) is 0 Å². The molecule has 0 saturated carbocycles. The molecule has 1 N–H and O–H groups in total. The number of aryl methyl sites for hydroxylation is 1.